The second-order valence-corrected chi connectivity index (χ2v) is 9.05. The molecule has 4 nitrogen and oxygen atoms in total. The van der Waals surface area contributed by atoms with Gasteiger partial charge >= 0.3 is 0 Å². The van der Waals surface area contributed by atoms with Crippen LogP contribution in [0.1, 0.15) is 49.2 Å². The summed E-state index contributed by atoms with van der Waals surface area (Å²) in [5.41, 5.74) is 4.16. The summed E-state index contributed by atoms with van der Waals surface area (Å²) in [4.78, 5) is 15.0. The number of carbonyl (C=O) groups is 1. The molecule has 1 heterocycles. The highest BCUT2D eigenvalue weighted by atomic mass is 79.9. The third kappa shape index (κ3) is 4.53. The van der Waals surface area contributed by atoms with Gasteiger partial charge in [-0.1, -0.05) is 19.9 Å². The molecule has 1 N–H and O–H groups in total. The summed E-state index contributed by atoms with van der Waals surface area (Å²) in [5.74, 6) is 0.607. The Kier molecular flexibility index (Phi) is 5.63. The van der Waals surface area contributed by atoms with Crippen LogP contribution in [0.3, 0.4) is 0 Å². The van der Waals surface area contributed by atoms with E-state index in [0.717, 1.165) is 29.0 Å². The summed E-state index contributed by atoms with van der Waals surface area (Å²) in [6.45, 7) is 10.4. The molecule has 27 heavy (non-hydrogen) atoms. The van der Waals surface area contributed by atoms with Gasteiger partial charge in [-0.25, -0.2) is 0 Å². The molecule has 0 aliphatic carbocycles. The minimum Gasteiger partial charge on any atom is -0.490 e. The van der Waals surface area contributed by atoms with Crippen molar-refractivity contribution in [2.24, 2.45) is 0 Å². The lowest BCUT2D eigenvalue weighted by atomic mass is 9.78. The van der Waals surface area contributed by atoms with Crippen LogP contribution < -0.4 is 10.1 Å². The van der Waals surface area contributed by atoms with E-state index in [1.807, 2.05) is 26.0 Å². The predicted octanol–water partition coefficient (Wildman–Crippen LogP) is 5.21. The quantitative estimate of drug-likeness (QED) is 0.723. The maximum Gasteiger partial charge on any atom is 0.255 e. The van der Waals surface area contributed by atoms with E-state index in [0.29, 0.717) is 5.56 Å². The smallest absolute Gasteiger partial charge is 0.255 e. The summed E-state index contributed by atoms with van der Waals surface area (Å²) >= 11 is 3.49. The molecule has 144 valence electrons. The minimum atomic E-state index is -0.129. The first-order chi connectivity index (χ1) is 12.7. The van der Waals surface area contributed by atoms with Crippen molar-refractivity contribution < 1.29 is 9.53 Å². The van der Waals surface area contributed by atoms with E-state index in [4.69, 9.17) is 4.74 Å². The zero-order chi connectivity index (χ0) is 19.8. The van der Waals surface area contributed by atoms with Crippen LogP contribution in [-0.4, -0.2) is 30.5 Å². The number of likely N-dealkylation sites (N-methyl/N-ethyl adjacent to an activating group) is 1. The maximum absolute atomic E-state index is 12.7. The van der Waals surface area contributed by atoms with E-state index in [9.17, 15) is 4.79 Å². The first-order valence-corrected chi connectivity index (χ1v) is 10.0. The van der Waals surface area contributed by atoms with Gasteiger partial charge in [0.2, 0.25) is 0 Å². The van der Waals surface area contributed by atoms with Gasteiger partial charge in [-0.15, -0.1) is 0 Å². The van der Waals surface area contributed by atoms with E-state index >= 15 is 0 Å². The van der Waals surface area contributed by atoms with E-state index in [1.165, 1.54) is 11.1 Å². The molecule has 2 aromatic carbocycles. The molecule has 0 atom stereocenters. The highest BCUT2D eigenvalue weighted by molar-refractivity contribution is 9.10. The lowest BCUT2D eigenvalue weighted by Gasteiger charge is -2.38. The van der Waals surface area contributed by atoms with E-state index < -0.39 is 0 Å². The first-order valence-electron chi connectivity index (χ1n) is 9.25. The predicted molar refractivity (Wildman–Crippen MR) is 114 cm³/mol. The van der Waals surface area contributed by atoms with Gasteiger partial charge in [0.15, 0.2) is 0 Å². The molecule has 2 aromatic rings. The molecule has 0 saturated heterocycles. The Morgan fingerprint density at radius 1 is 1.22 bits per heavy atom. The summed E-state index contributed by atoms with van der Waals surface area (Å²) in [6, 6.07) is 11.6. The molecule has 0 saturated carbocycles. The molecule has 1 aliphatic rings. The molecule has 1 amide bonds. The largest absolute Gasteiger partial charge is 0.490 e. The van der Waals surface area contributed by atoms with Gasteiger partial charge in [-0.3, -0.25) is 4.79 Å². The van der Waals surface area contributed by atoms with Crippen molar-refractivity contribution in [1.82, 2.24) is 4.90 Å². The average molecular weight is 431 g/mol. The van der Waals surface area contributed by atoms with Crippen LogP contribution in [0.4, 0.5) is 5.69 Å². The van der Waals surface area contributed by atoms with Crippen LogP contribution >= 0.6 is 15.9 Å². The topological polar surface area (TPSA) is 41.6 Å². The Balaban J connectivity index is 1.79. The Morgan fingerprint density at radius 2 is 1.96 bits per heavy atom. The number of carbonyl (C=O) groups excluding carboxylic acids is 1. The second kappa shape index (κ2) is 7.64. The van der Waals surface area contributed by atoms with Gasteiger partial charge in [0.1, 0.15) is 5.75 Å². The highest BCUT2D eigenvalue weighted by Gasteiger charge is 2.30. The molecule has 0 unspecified atom stereocenters. The van der Waals surface area contributed by atoms with Crippen molar-refractivity contribution >= 4 is 27.5 Å². The van der Waals surface area contributed by atoms with E-state index in [1.54, 1.807) is 12.1 Å². The molecular formula is C22H27BrN2O2. The van der Waals surface area contributed by atoms with Gasteiger partial charge in [0, 0.05) is 29.8 Å². The molecule has 0 bridgehead atoms. The van der Waals surface area contributed by atoms with Crippen LogP contribution in [0.2, 0.25) is 0 Å². The van der Waals surface area contributed by atoms with Gasteiger partial charge in [0.25, 0.3) is 5.91 Å². The van der Waals surface area contributed by atoms with Gasteiger partial charge in [-0.2, -0.15) is 0 Å². The number of rotatable bonds is 4. The van der Waals surface area contributed by atoms with Crippen LogP contribution in [0.15, 0.2) is 40.9 Å². The number of hydrogen-bond donors (Lipinski definition) is 1. The first kappa shape index (κ1) is 19.9. The number of hydrogen-bond acceptors (Lipinski definition) is 3. The fourth-order valence-electron chi connectivity index (χ4n) is 3.76. The number of anilines is 1. The van der Waals surface area contributed by atoms with Crippen molar-refractivity contribution in [2.45, 2.75) is 45.8 Å². The Labute approximate surface area is 170 Å². The molecule has 5 heteroatoms. The van der Waals surface area contributed by atoms with Crippen molar-refractivity contribution in [2.75, 3.05) is 18.9 Å². The Morgan fingerprint density at radius 3 is 2.63 bits per heavy atom. The summed E-state index contributed by atoms with van der Waals surface area (Å²) < 4.78 is 6.48. The zero-order valence-corrected chi connectivity index (χ0v) is 18.2. The van der Waals surface area contributed by atoms with Gasteiger partial charge < -0.3 is 15.0 Å². The van der Waals surface area contributed by atoms with Crippen LogP contribution in [0, 0.1) is 0 Å². The molecule has 0 spiro atoms. The second-order valence-electron chi connectivity index (χ2n) is 8.19. The average Bonchev–Trinajstić information content (AvgIpc) is 2.55. The number of amides is 1. The van der Waals surface area contributed by atoms with E-state index in [-0.39, 0.29) is 17.4 Å². The van der Waals surface area contributed by atoms with Crippen molar-refractivity contribution in [3.05, 3.63) is 57.6 Å². The minimum absolute atomic E-state index is 0.0823. The number of nitrogens with one attached hydrogen (secondary N) is 1. The fraction of sp³-hybridized carbons (Fsp3) is 0.409. The highest BCUT2D eigenvalue weighted by Crippen LogP contribution is 2.34. The standard InChI is InChI=1S/C22H27BrN2O2/c1-14(2)27-20-9-6-15(11-19(20)23)21(26)24-17-7-8-18-16(10-17)12-25(5)13-22(18,3)4/h6-11,14H,12-13H2,1-5H3,(H,24,26). The van der Waals surface area contributed by atoms with Gasteiger partial charge in [0.05, 0.1) is 10.6 Å². The molecule has 3 rings (SSSR count). The number of halogens is 1. The molecule has 0 fully saturated rings. The normalized spacial score (nSPS) is 16.1. The zero-order valence-electron chi connectivity index (χ0n) is 16.6. The third-order valence-corrected chi connectivity index (χ3v) is 5.37. The summed E-state index contributed by atoms with van der Waals surface area (Å²) in [5, 5.41) is 3.02. The number of fused-ring (bicyclic) bond motifs is 1. The van der Waals surface area contributed by atoms with Gasteiger partial charge in [-0.05, 0) is 78.3 Å². The summed E-state index contributed by atoms with van der Waals surface area (Å²) in [6.07, 6.45) is 0.0823. The molecular weight excluding hydrogens is 404 g/mol. The molecule has 0 aromatic heterocycles. The SMILES string of the molecule is CC(C)Oc1ccc(C(=O)Nc2ccc3c(c2)CN(C)CC3(C)C)cc1Br. The number of benzene rings is 2. The maximum atomic E-state index is 12.7. The lowest BCUT2D eigenvalue weighted by molar-refractivity contribution is 0.102. The molecule has 0 radical (unpaired) electrons. The van der Waals surface area contributed by atoms with Crippen LogP contribution in [-0.2, 0) is 12.0 Å². The van der Waals surface area contributed by atoms with Crippen LogP contribution in [0.5, 0.6) is 5.75 Å². The fourth-order valence-corrected chi connectivity index (χ4v) is 4.24. The van der Waals surface area contributed by atoms with E-state index in [2.05, 4.69) is 59.2 Å². The Bertz CT molecular complexity index is 861. The molecule has 1 aliphatic heterocycles. The Hall–Kier alpha value is -1.85. The van der Waals surface area contributed by atoms with Crippen molar-refractivity contribution in [3.8, 4) is 5.75 Å². The van der Waals surface area contributed by atoms with Crippen molar-refractivity contribution in [1.29, 1.82) is 0 Å². The lowest BCUT2D eigenvalue weighted by Crippen LogP contribution is -2.39. The number of ether oxygens (including phenoxy) is 1. The van der Waals surface area contributed by atoms with Crippen LogP contribution in [0.25, 0.3) is 0 Å². The monoisotopic (exact) mass is 430 g/mol. The summed E-state index contributed by atoms with van der Waals surface area (Å²) in [7, 11) is 2.13. The third-order valence-electron chi connectivity index (χ3n) is 4.75. The number of nitrogens with zero attached hydrogens (tertiary/aromatic N) is 1. The van der Waals surface area contributed by atoms with Crippen molar-refractivity contribution in [3.63, 3.8) is 0 Å².